The minimum atomic E-state index is -1.66. The zero-order chi connectivity index (χ0) is 18.7. The first-order valence-corrected chi connectivity index (χ1v) is 8.79. The zero-order valence-corrected chi connectivity index (χ0v) is 14.5. The first kappa shape index (κ1) is 18.4. The Morgan fingerprint density at radius 3 is 2.73 bits per heavy atom. The van der Waals surface area contributed by atoms with Crippen LogP contribution in [0.3, 0.4) is 0 Å². The van der Waals surface area contributed by atoms with Crippen LogP contribution in [0, 0.1) is 17.5 Å². The van der Waals surface area contributed by atoms with Gasteiger partial charge in [-0.25, -0.2) is 13.2 Å². The average Bonchev–Trinajstić information content (AvgIpc) is 3.08. The maximum Gasteiger partial charge on any atom is 0.243 e. The number of thiophene rings is 1. The summed E-state index contributed by atoms with van der Waals surface area (Å²) < 4.78 is 39.5. The van der Waals surface area contributed by atoms with Crippen LogP contribution in [0.25, 0.3) is 0 Å². The van der Waals surface area contributed by atoms with Crippen LogP contribution in [-0.2, 0) is 22.6 Å². The normalized spacial score (nSPS) is 14.0. The summed E-state index contributed by atoms with van der Waals surface area (Å²) in [6, 6.07) is 3.66. The smallest absolute Gasteiger partial charge is 0.243 e. The number of halogens is 3. The predicted molar refractivity (Wildman–Crippen MR) is 91.3 cm³/mol. The number of benzene rings is 1. The molecule has 2 amide bonds. The molecule has 0 unspecified atom stereocenters. The van der Waals surface area contributed by atoms with E-state index in [9.17, 15) is 22.8 Å². The van der Waals surface area contributed by atoms with Crippen LogP contribution in [-0.4, -0.2) is 36.3 Å². The molecule has 0 bridgehead atoms. The van der Waals surface area contributed by atoms with Crippen molar-refractivity contribution in [3.8, 4) is 0 Å². The Morgan fingerprint density at radius 1 is 1.12 bits per heavy atom. The van der Waals surface area contributed by atoms with Crippen molar-refractivity contribution in [3.63, 3.8) is 0 Å². The highest BCUT2D eigenvalue weighted by atomic mass is 32.1. The topological polar surface area (TPSA) is 61.4 Å². The van der Waals surface area contributed by atoms with Gasteiger partial charge in [-0.15, -0.1) is 11.3 Å². The van der Waals surface area contributed by atoms with Crippen molar-refractivity contribution in [1.82, 2.24) is 10.2 Å². The molecule has 1 aromatic heterocycles. The van der Waals surface area contributed by atoms with E-state index in [0.29, 0.717) is 12.6 Å². The van der Waals surface area contributed by atoms with Crippen LogP contribution in [0.15, 0.2) is 23.6 Å². The molecule has 3 rings (SSSR count). The first-order chi connectivity index (χ1) is 12.4. The molecule has 138 valence electrons. The van der Waals surface area contributed by atoms with Gasteiger partial charge in [0.1, 0.15) is 0 Å². The number of hydrogen-bond donors (Lipinski definition) is 2. The summed E-state index contributed by atoms with van der Waals surface area (Å²) in [7, 11) is 0. The molecule has 5 nitrogen and oxygen atoms in total. The fourth-order valence-corrected chi connectivity index (χ4v) is 3.59. The predicted octanol–water partition coefficient (Wildman–Crippen LogP) is 2.28. The number of amides is 2. The monoisotopic (exact) mass is 383 g/mol. The van der Waals surface area contributed by atoms with Crippen LogP contribution >= 0.6 is 11.3 Å². The molecule has 2 heterocycles. The molecular formula is C17H16F3N3O2S. The van der Waals surface area contributed by atoms with Crippen molar-refractivity contribution in [3.05, 3.63) is 51.5 Å². The summed E-state index contributed by atoms with van der Waals surface area (Å²) in [4.78, 5) is 27.0. The lowest BCUT2D eigenvalue weighted by Gasteiger charge is -2.26. The van der Waals surface area contributed by atoms with E-state index in [2.05, 4.69) is 10.6 Å². The minimum absolute atomic E-state index is 0.141. The molecule has 9 heteroatoms. The first-order valence-electron chi connectivity index (χ1n) is 7.91. The number of anilines is 1. The van der Waals surface area contributed by atoms with Gasteiger partial charge in [-0.05, 0) is 35.6 Å². The number of nitrogens with one attached hydrogen (secondary N) is 2. The standard InChI is InChI=1S/C17H16F3N3O2S/c18-11-1-2-12(17(20)16(11)19)22-14(24)7-21-15(25)9-23-5-3-13-10(8-23)4-6-26-13/h1-2,4,6H,3,5,7-9H2,(H,21,25)(H,22,24). The van der Waals surface area contributed by atoms with Crippen LogP contribution < -0.4 is 10.6 Å². The van der Waals surface area contributed by atoms with E-state index in [0.717, 1.165) is 19.0 Å². The van der Waals surface area contributed by atoms with E-state index >= 15 is 0 Å². The molecule has 0 aliphatic carbocycles. The molecule has 2 aromatic rings. The maximum absolute atomic E-state index is 13.5. The summed E-state index contributed by atoms with van der Waals surface area (Å²) in [5.41, 5.74) is 0.727. The lowest BCUT2D eigenvalue weighted by molar-refractivity contribution is -0.125. The van der Waals surface area contributed by atoms with Gasteiger partial charge in [0.15, 0.2) is 17.5 Å². The van der Waals surface area contributed by atoms with Crippen molar-refractivity contribution in [2.75, 3.05) is 25.0 Å². The molecular weight excluding hydrogens is 367 g/mol. The van der Waals surface area contributed by atoms with Crippen molar-refractivity contribution in [2.45, 2.75) is 13.0 Å². The number of hydrogen-bond acceptors (Lipinski definition) is 4. The van der Waals surface area contributed by atoms with E-state index in [1.807, 2.05) is 16.3 Å². The van der Waals surface area contributed by atoms with Gasteiger partial charge in [0.2, 0.25) is 11.8 Å². The second-order valence-electron chi connectivity index (χ2n) is 5.88. The number of fused-ring (bicyclic) bond motifs is 1. The molecule has 2 N–H and O–H groups in total. The van der Waals surface area contributed by atoms with Gasteiger partial charge in [0.25, 0.3) is 0 Å². The largest absolute Gasteiger partial charge is 0.346 e. The summed E-state index contributed by atoms with van der Waals surface area (Å²) in [6.45, 7) is 1.18. The highest BCUT2D eigenvalue weighted by Crippen LogP contribution is 2.23. The zero-order valence-electron chi connectivity index (χ0n) is 13.7. The minimum Gasteiger partial charge on any atom is -0.346 e. The molecule has 0 spiro atoms. The quantitative estimate of drug-likeness (QED) is 0.779. The Bertz CT molecular complexity index is 841. The Hall–Kier alpha value is -2.39. The molecule has 0 saturated carbocycles. The third-order valence-electron chi connectivity index (χ3n) is 4.01. The molecule has 0 atom stereocenters. The van der Waals surface area contributed by atoms with Crippen molar-refractivity contribution in [2.24, 2.45) is 0 Å². The number of nitrogens with zero attached hydrogens (tertiary/aromatic N) is 1. The maximum atomic E-state index is 13.5. The molecule has 1 aliphatic rings. The second kappa shape index (κ2) is 7.88. The Kier molecular flexibility index (Phi) is 5.58. The SMILES string of the molecule is O=C(CN1CCc2sccc2C1)NCC(=O)Nc1ccc(F)c(F)c1F. The van der Waals surface area contributed by atoms with Gasteiger partial charge in [0, 0.05) is 18.0 Å². The summed E-state index contributed by atoms with van der Waals surface area (Å²) >= 11 is 1.70. The average molecular weight is 383 g/mol. The van der Waals surface area contributed by atoms with E-state index in [4.69, 9.17) is 0 Å². The van der Waals surface area contributed by atoms with Crippen molar-refractivity contribution < 1.29 is 22.8 Å². The van der Waals surface area contributed by atoms with Crippen LogP contribution in [0.5, 0.6) is 0 Å². The number of carbonyl (C=O) groups is 2. The highest BCUT2D eigenvalue weighted by Gasteiger charge is 2.20. The summed E-state index contributed by atoms with van der Waals surface area (Å²) in [5.74, 6) is -5.56. The fraction of sp³-hybridized carbons (Fsp3) is 0.294. The van der Waals surface area contributed by atoms with E-state index in [1.165, 1.54) is 10.4 Å². The van der Waals surface area contributed by atoms with Gasteiger partial charge in [-0.2, -0.15) is 0 Å². The van der Waals surface area contributed by atoms with Crippen LogP contribution in [0.1, 0.15) is 10.4 Å². The second-order valence-corrected chi connectivity index (χ2v) is 6.88. The van der Waals surface area contributed by atoms with Gasteiger partial charge in [0.05, 0.1) is 18.8 Å². The van der Waals surface area contributed by atoms with Gasteiger partial charge < -0.3 is 10.6 Å². The van der Waals surface area contributed by atoms with E-state index in [1.54, 1.807) is 11.3 Å². The molecule has 0 saturated heterocycles. The molecule has 1 aliphatic heterocycles. The summed E-state index contributed by atoms with van der Waals surface area (Å²) in [5, 5.41) is 6.56. The van der Waals surface area contributed by atoms with Crippen molar-refractivity contribution in [1.29, 1.82) is 0 Å². The molecule has 0 fully saturated rings. The highest BCUT2D eigenvalue weighted by molar-refractivity contribution is 7.10. The number of carbonyl (C=O) groups excluding carboxylic acids is 2. The van der Waals surface area contributed by atoms with E-state index < -0.39 is 35.6 Å². The third-order valence-corrected chi connectivity index (χ3v) is 5.03. The molecule has 26 heavy (non-hydrogen) atoms. The lowest BCUT2D eigenvalue weighted by atomic mass is 10.1. The van der Waals surface area contributed by atoms with Gasteiger partial charge in [-0.3, -0.25) is 14.5 Å². The van der Waals surface area contributed by atoms with Crippen LogP contribution in [0.2, 0.25) is 0 Å². The Labute approximate surface area is 151 Å². The van der Waals surface area contributed by atoms with Crippen LogP contribution in [0.4, 0.5) is 18.9 Å². The molecule has 1 aromatic carbocycles. The Balaban J connectivity index is 1.46. The summed E-state index contributed by atoms with van der Waals surface area (Å²) in [6.07, 6.45) is 0.885. The molecule has 0 radical (unpaired) electrons. The number of rotatable bonds is 5. The fourth-order valence-electron chi connectivity index (χ4n) is 2.70. The lowest BCUT2D eigenvalue weighted by Crippen LogP contribution is -2.42. The van der Waals surface area contributed by atoms with Crippen molar-refractivity contribution >= 4 is 28.8 Å². The third kappa shape index (κ3) is 4.23. The van der Waals surface area contributed by atoms with Gasteiger partial charge in [-0.1, -0.05) is 0 Å². The Morgan fingerprint density at radius 2 is 1.92 bits per heavy atom. The van der Waals surface area contributed by atoms with Gasteiger partial charge >= 0.3 is 0 Å². The van der Waals surface area contributed by atoms with E-state index in [-0.39, 0.29) is 12.5 Å².